The van der Waals surface area contributed by atoms with Gasteiger partial charge in [-0.2, -0.15) is 15.0 Å². The second-order valence-electron chi connectivity index (χ2n) is 8.34. The summed E-state index contributed by atoms with van der Waals surface area (Å²) in [5.41, 5.74) is 7.73. The number of hydrogen-bond donors (Lipinski definition) is 1. The minimum absolute atomic E-state index is 0.103. The molecule has 12 heteroatoms. The monoisotopic (exact) mass is 488 g/mol. The smallest absolute Gasteiger partial charge is 0.322 e. The summed E-state index contributed by atoms with van der Waals surface area (Å²) in [6.45, 7) is 4.38. The summed E-state index contributed by atoms with van der Waals surface area (Å²) in [5.74, 6) is 1.81. The Labute approximate surface area is 203 Å². The first-order chi connectivity index (χ1) is 16.4. The maximum absolute atomic E-state index is 6.11. The Balaban J connectivity index is 1.33. The molecule has 4 rings (SSSR count). The molecule has 0 bridgehead atoms. The number of nitrogen functional groups attached to an aromatic ring is 1. The highest BCUT2D eigenvalue weighted by molar-refractivity contribution is 6.28. The number of imidazole rings is 1. The summed E-state index contributed by atoms with van der Waals surface area (Å²) < 4.78 is 18.7. The van der Waals surface area contributed by atoms with Gasteiger partial charge in [0.25, 0.3) is 0 Å². The molecule has 3 aromatic heterocycles. The van der Waals surface area contributed by atoms with Crippen LogP contribution in [-0.4, -0.2) is 69.0 Å². The fraction of sp³-hybridized carbons (Fsp3) is 0.500. The van der Waals surface area contributed by atoms with Gasteiger partial charge in [0.1, 0.15) is 6.10 Å². The fourth-order valence-electron chi connectivity index (χ4n) is 3.74. The molecule has 0 amide bonds. The summed E-state index contributed by atoms with van der Waals surface area (Å²) in [5, 5.41) is 0.103. The number of hydrogen-bond acceptors (Lipinski definition) is 10. The van der Waals surface area contributed by atoms with Crippen molar-refractivity contribution in [2.75, 3.05) is 44.0 Å². The number of rotatable bonds is 9. The number of piperidine rings is 1. The van der Waals surface area contributed by atoms with E-state index in [4.69, 9.17) is 31.5 Å². The van der Waals surface area contributed by atoms with E-state index in [1.165, 1.54) is 0 Å². The van der Waals surface area contributed by atoms with Crippen molar-refractivity contribution in [1.29, 1.82) is 0 Å². The number of nitrogens with two attached hydrogens (primary N) is 1. The number of anilines is 2. The van der Waals surface area contributed by atoms with Crippen LogP contribution >= 0.6 is 11.6 Å². The van der Waals surface area contributed by atoms with Crippen LogP contribution in [-0.2, 0) is 11.8 Å². The van der Waals surface area contributed by atoms with Gasteiger partial charge in [-0.3, -0.25) is 0 Å². The first kappa shape index (κ1) is 24.0. The SMILES string of the molecule is COC[C@@H](C)Oc1nc(Cl)nc(N2CCC(COc3cc(-c4cn(C)cn4)cnc3N)CC2)n1. The van der Waals surface area contributed by atoms with Gasteiger partial charge >= 0.3 is 6.01 Å². The standard InChI is InChI=1S/C22H29ClN8O3/c1-14(11-32-3)34-22-28-20(23)27-21(29-22)31-6-4-15(5-7-31)12-33-18-8-16(9-25-19(18)24)17-10-30(2)13-26-17/h8-10,13-15H,4-7,11-12H2,1-3H3,(H2,24,25)/t14-/m1/s1. The Kier molecular flexibility index (Phi) is 7.63. The Bertz CT molecular complexity index is 1100. The van der Waals surface area contributed by atoms with Crippen LogP contribution in [0.5, 0.6) is 11.8 Å². The van der Waals surface area contributed by atoms with Crippen LogP contribution in [0.3, 0.4) is 0 Å². The van der Waals surface area contributed by atoms with Gasteiger partial charge in [0.05, 0.1) is 25.2 Å². The van der Waals surface area contributed by atoms with Crippen molar-refractivity contribution in [2.24, 2.45) is 13.0 Å². The lowest BCUT2D eigenvalue weighted by Crippen LogP contribution is -2.36. The van der Waals surface area contributed by atoms with Crippen molar-refractivity contribution in [3.63, 3.8) is 0 Å². The molecule has 1 atom stereocenters. The Morgan fingerprint density at radius 2 is 2.00 bits per heavy atom. The molecule has 0 unspecified atom stereocenters. The van der Waals surface area contributed by atoms with Crippen LogP contribution in [0.1, 0.15) is 19.8 Å². The average molecular weight is 489 g/mol. The molecule has 1 aliphatic rings. The minimum Gasteiger partial charge on any atom is -0.489 e. The van der Waals surface area contributed by atoms with Crippen molar-refractivity contribution < 1.29 is 14.2 Å². The molecule has 0 spiro atoms. The lowest BCUT2D eigenvalue weighted by atomic mass is 9.98. The predicted molar refractivity (Wildman–Crippen MR) is 128 cm³/mol. The molecule has 4 heterocycles. The molecule has 2 N–H and O–H groups in total. The number of aryl methyl sites for hydroxylation is 1. The van der Waals surface area contributed by atoms with E-state index >= 15 is 0 Å². The lowest BCUT2D eigenvalue weighted by molar-refractivity contribution is 0.0854. The zero-order chi connectivity index (χ0) is 24.1. The van der Waals surface area contributed by atoms with Crippen LogP contribution in [0.25, 0.3) is 11.3 Å². The largest absolute Gasteiger partial charge is 0.489 e. The average Bonchev–Trinajstić information content (AvgIpc) is 3.25. The Morgan fingerprint density at radius 1 is 1.21 bits per heavy atom. The zero-order valence-electron chi connectivity index (χ0n) is 19.5. The molecule has 11 nitrogen and oxygen atoms in total. The fourth-order valence-corrected chi connectivity index (χ4v) is 3.89. The van der Waals surface area contributed by atoms with Crippen LogP contribution < -0.4 is 20.1 Å². The highest BCUT2D eigenvalue weighted by Crippen LogP contribution is 2.28. The van der Waals surface area contributed by atoms with E-state index < -0.39 is 0 Å². The van der Waals surface area contributed by atoms with Gasteiger partial charge < -0.3 is 29.4 Å². The number of aromatic nitrogens is 6. The molecule has 3 aromatic rings. The number of ether oxygens (including phenoxy) is 3. The molecule has 0 aliphatic carbocycles. The third-order valence-electron chi connectivity index (χ3n) is 5.54. The molecule has 34 heavy (non-hydrogen) atoms. The summed E-state index contributed by atoms with van der Waals surface area (Å²) in [6, 6.07) is 2.08. The summed E-state index contributed by atoms with van der Waals surface area (Å²) in [7, 11) is 3.54. The molecule has 0 radical (unpaired) electrons. The van der Waals surface area contributed by atoms with Gasteiger partial charge in [-0.1, -0.05) is 0 Å². The van der Waals surface area contributed by atoms with Crippen molar-refractivity contribution in [1.82, 2.24) is 29.5 Å². The van der Waals surface area contributed by atoms with Crippen LogP contribution in [0.2, 0.25) is 5.28 Å². The first-order valence-corrected chi connectivity index (χ1v) is 11.5. The third-order valence-corrected chi connectivity index (χ3v) is 5.71. The number of methoxy groups -OCH3 is 1. The molecule has 1 aliphatic heterocycles. The number of pyridine rings is 1. The number of nitrogens with zero attached hydrogens (tertiary/aromatic N) is 7. The highest BCUT2D eigenvalue weighted by atomic mass is 35.5. The van der Waals surface area contributed by atoms with E-state index in [0.717, 1.165) is 37.2 Å². The molecule has 0 saturated carbocycles. The van der Waals surface area contributed by atoms with Gasteiger partial charge in [0, 0.05) is 45.2 Å². The second-order valence-corrected chi connectivity index (χ2v) is 8.68. The van der Waals surface area contributed by atoms with Gasteiger partial charge in [-0.05, 0) is 43.4 Å². The molecule has 182 valence electrons. The molecule has 1 fully saturated rings. The maximum Gasteiger partial charge on any atom is 0.322 e. The molecule has 1 saturated heterocycles. The van der Waals surface area contributed by atoms with E-state index in [2.05, 4.69) is 29.8 Å². The molecular weight excluding hydrogens is 460 g/mol. The third kappa shape index (κ3) is 6.03. The van der Waals surface area contributed by atoms with E-state index in [9.17, 15) is 0 Å². The molecule has 0 aromatic carbocycles. The Morgan fingerprint density at radius 3 is 2.71 bits per heavy atom. The Hall–Kier alpha value is -3.18. The summed E-state index contributed by atoms with van der Waals surface area (Å²) in [4.78, 5) is 23.5. The van der Waals surface area contributed by atoms with Crippen LogP contribution in [0, 0.1) is 5.92 Å². The van der Waals surface area contributed by atoms with E-state index in [1.54, 1.807) is 19.6 Å². The van der Waals surface area contributed by atoms with Gasteiger partial charge in [-0.15, -0.1) is 0 Å². The van der Waals surface area contributed by atoms with Crippen LogP contribution in [0.15, 0.2) is 24.8 Å². The second kappa shape index (κ2) is 10.8. The lowest BCUT2D eigenvalue weighted by Gasteiger charge is -2.32. The minimum atomic E-state index is -0.197. The molecular formula is C22H29ClN8O3. The van der Waals surface area contributed by atoms with Crippen molar-refractivity contribution in [3.05, 3.63) is 30.1 Å². The van der Waals surface area contributed by atoms with Gasteiger partial charge in [0.15, 0.2) is 11.6 Å². The summed E-state index contributed by atoms with van der Waals surface area (Å²) in [6.07, 6.45) is 7.00. The van der Waals surface area contributed by atoms with Gasteiger partial charge in [-0.25, -0.2) is 9.97 Å². The van der Waals surface area contributed by atoms with Gasteiger partial charge in [0.2, 0.25) is 11.2 Å². The van der Waals surface area contributed by atoms with Crippen molar-refractivity contribution in [3.8, 4) is 23.0 Å². The number of halogens is 1. The first-order valence-electron chi connectivity index (χ1n) is 11.1. The quantitative estimate of drug-likeness (QED) is 0.480. The highest BCUT2D eigenvalue weighted by Gasteiger charge is 2.23. The van der Waals surface area contributed by atoms with Crippen LogP contribution in [0.4, 0.5) is 11.8 Å². The van der Waals surface area contributed by atoms with E-state index in [0.29, 0.717) is 36.6 Å². The maximum atomic E-state index is 6.11. The predicted octanol–water partition coefficient (Wildman–Crippen LogP) is 2.61. The zero-order valence-corrected chi connectivity index (χ0v) is 20.3. The van der Waals surface area contributed by atoms with Crippen molar-refractivity contribution >= 4 is 23.4 Å². The van der Waals surface area contributed by atoms with E-state index in [-0.39, 0.29) is 17.4 Å². The summed E-state index contributed by atoms with van der Waals surface area (Å²) >= 11 is 6.11. The normalized spacial score (nSPS) is 15.4. The van der Waals surface area contributed by atoms with E-state index in [1.807, 2.05) is 30.8 Å². The topological polar surface area (TPSA) is 126 Å². The van der Waals surface area contributed by atoms with Crippen molar-refractivity contribution in [2.45, 2.75) is 25.9 Å².